The predicted molar refractivity (Wildman–Crippen MR) is 119 cm³/mol. The van der Waals surface area contributed by atoms with Crippen molar-refractivity contribution in [2.24, 2.45) is 0 Å². The number of halogens is 1. The van der Waals surface area contributed by atoms with E-state index in [-0.39, 0.29) is 28.4 Å². The minimum absolute atomic E-state index is 0.0784. The van der Waals surface area contributed by atoms with Gasteiger partial charge in [0.2, 0.25) is 11.7 Å². The normalized spacial score (nSPS) is 12.4. The lowest BCUT2D eigenvalue weighted by molar-refractivity contribution is -0.114. The van der Waals surface area contributed by atoms with E-state index in [4.69, 9.17) is 4.74 Å². The van der Waals surface area contributed by atoms with Crippen LogP contribution >= 0.6 is 0 Å². The van der Waals surface area contributed by atoms with Gasteiger partial charge in [-0.15, -0.1) is 0 Å². The number of nitrogens with zero attached hydrogens (tertiary/aromatic N) is 1. The molecule has 0 saturated heterocycles. The third-order valence-corrected chi connectivity index (χ3v) is 5.08. The smallest absolute Gasteiger partial charge is 0.338 e. The van der Waals surface area contributed by atoms with Crippen molar-refractivity contribution < 1.29 is 33.1 Å². The Hall–Kier alpha value is -4.66. The summed E-state index contributed by atoms with van der Waals surface area (Å²) < 4.78 is 19.2. The Kier molecular flexibility index (Phi) is 6.01. The molecule has 0 aromatic heterocycles. The van der Waals surface area contributed by atoms with Crippen LogP contribution in [-0.4, -0.2) is 36.1 Å². The van der Waals surface area contributed by atoms with Gasteiger partial charge >= 0.3 is 5.97 Å². The Morgan fingerprint density at radius 3 is 2.09 bits per heavy atom. The summed E-state index contributed by atoms with van der Waals surface area (Å²) in [6.07, 6.45) is 0. The largest absolute Gasteiger partial charge is 0.454 e. The van der Waals surface area contributed by atoms with Crippen LogP contribution in [0.15, 0.2) is 66.7 Å². The molecule has 1 N–H and O–H groups in total. The number of esters is 1. The zero-order chi connectivity index (χ0) is 24.4. The average Bonchev–Trinajstić information content (AvgIpc) is 3.07. The average molecular weight is 460 g/mol. The highest BCUT2D eigenvalue weighted by Gasteiger charge is 2.36. The molecule has 0 radical (unpaired) electrons. The number of amides is 3. The number of imide groups is 1. The first kappa shape index (κ1) is 22.5. The van der Waals surface area contributed by atoms with Crippen molar-refractivity contribution in [3.05, 3.63) is 94.8 Å². The molecule has 0 bridgehead atoms. The van der Waals surface area contributed by atoms with Crippen LogP contribution in [0.1, 0.15) is 48.4 Å². The molecule has 0 saturated carbocycles. The Balaban J connectivity index is 1.40. The third kappa shape index (κ3) is 4.31. The van der Waals surface area contributed by atoms with Crippen LogP contribution < -0.4 is 10.2 Å². The first-order chi connectivity index (χ1) is 16.3. The Bertz CT molecular complexity index is 1310. The van der Waals surface area contributed by atoms with Crippen molar-refractivity contribution in [1.29, 1.82) is 0 Å². The minimum Gasteiger partial charge on any atom is -0.454 e. The van der Waals surface area contributed by atoms with Gasteiger partial charge in [0.1, 0.15) is 5.82 Å². The fraction of sp³-hybridized carbons (Fsp3) is 0.0800. The number of fused-ring (bicyclic) bond motifs is 1. The van der Waals surface area contributed by atoms with Crippen LogP contribution in [0.2, 0.25) is 0 Å². The second-order valence-corrected chi connectivity index (χ2v) is 7.41. The van der Waals surface area contributed by atoms with Gasteiger partial charge < -0.3 is 10.1 Å². The summed E-state index contributed by atoms with van der Waals surface area (Å²) in [6.45, 7) is 0.568. The molecule has 4 rings (SSSR count). The second-order valence-electron chi connectivity index (χ2n) is 7.41. The third-order valence-electron chi connectivity index (χ3n) is 5.08. The van der Waals surface area contributed by atoms with Crippen molar-refractivity contribution in [2.45, 2.75) is 6.92 Å². The van der Waals surface area contributed by atoms with Crippen LogP contribution in [0, 0.1) is 5.82 Å². The van der Waals surface area contributed by atoms with E-state index in [1.807, 2.05) is 0 Å². The van der Waals surface area contributed by atoms with Crippen LogP contribution in [0.25, 0.3) is 0 Å². The number of nitrogens with one attached hydrogen (secondary N) is 1. The van der Waals surface area contributed by atoms with E-state index in [1.165, 1.54) is 43.3 Å². The van der Waals surface area contributed by atoms with E-state index in [2.05, 4.69) is 5.32 Å². The van der Waals surface area contributed by atoms with Gasteiger partial charge in [-0.3, -0.25) is 19.2 Å². The summed E-state index contributed by atoms with van der Waals surface area (Å²) in [7, 11) is 0. The van der Waals surface area contributed by atoms with Gasteiger partial charge in [-0.1, -0.05) is 12.1 Å². The first-order valence-electron chi connectivity index (χ1n) is 10.1. The molecule has 0 aliphatic carbocycles. The van der Waals surface area contributed by atoms with E-state index in [0.29, 0.717) is 11.1 Å². The van der Waals surface area contributed by atoms with Crippen molar-refractivity contribution in [3.8, 4) is 0 Å². The van der Waals surface area contributed by atoms with Crippen molar-refractivity contribution in [1.82, 2.24) is 0 Å². The first-order valence-corrected chi connectivity index (χ1v) is 10.1. The molecule has 1 aliphatic rings. The fourth-order valence-corrected chi connectivity index (χ4v) is 3.48. The second kappa shape index (κ2) is 9.07. The lowest BCUT2D eigenvalue weighted by atomic mass is 10.1. The van der Waals surface area contributed by atoms with Gasteiger partial charge in [0.15, 0.2) is 6.61 Å². The number of benzene rings is 3. The van der Waals surface area contributed by atoms with E-state index in [0.717, 1.165) is 11.0 Å². The number of hydrogen-bond donors (Lipinski definition) is 1. The minimum atomic E-state index is -0.863. The summed E-state index contributed by atoms with van der Waals surface area (Å²) >= 11 is 0. The summed E-state index contributed by atoms with van der Waals surface area (Å²) in [5.41, 5.74) is 0.855. The number of rotatable bonds is 6. The summed E-state index contributed by atoms with van der Waals surface area (Å²) in [5.74, 6) is -3.78. The summed E-state index contributed by atoms with van der Waals surface area (Å²) in [5, 5.41) is 2.40. The van der Waals surface area contributed by atoms with E-state index in [1.54, 1.807) is 24.3 Å². The highest BCUT2D eigenvalue weighted by Crippen LogP contribution is 2.28. The number of carbonyl (C=O) groups excluding carboxylic acids is 5. The maximum absolute atomic E-state index is 14.2. The molecular weight excluding hydrogens is 443 g/mol. The van der Waals surface area contributed by atoms with Crippen molar-refractivity contribution >= 4 is 40.8 Å². The van der Waals surface area contributed by atoms with E-state index < -0.39 is 36.0 Å². The summed E-state index contributed by atoms with van der Waals surface area (Å²) in [4.78, 5) is 61.8. The monoisotopic (exact) mass is 460 g/mol. The van der Waals surface area contributed by atoms with Crippen molar-refractivity contribution in [3.63, 3.8) is 0 Å². The number of ketones is 1. The number of ether oxygens (including phenoxy) is 1. The molecule has 34 heavy (non-hydrogen) atoms. The quantitative estimate of drug-likeness (QED) is 0.342. The summed E-state index contributed by atoms with van der Waals surface area (Å²) in [6, 6.07) is 15.5. The van der Waals surface area contributed by atoms with Gasteiger partial charge in [0.25, 0.3) is 11.8 Å². The van der Waals surface area contributed by atoms with Crippen LogP contribution in [0.3, 0.4) is 0 Å². The SMILES string of the molecule is CC(=O)Nc1ccc(C(=O)COC(=O)c2ccc(N3C(=O)c4ccccc4C3=O)cc2)c(F)c1. The lowest BCUT2D eigenvalue weighted by Gasteiger charge is -2.14. The van der Waals surface area contributed by atoms with Crippen LogP contribution in [0.4, 0.5) is 15.8 Å². The molecule has 0 spiro atoms. The maximum Gasteiger partial charge on any atom is 0.338 e. The molecule has 3 aromatic rings. The zero-order valence-electron chi connectivity index (χ0n) is 17.8. The number of carbonyl (C=O) groups is 5. The van der Waals surface area contributed by atoms with Crippen LogP contribution in [-0.2, 0) is 9.53 Å². The predicted octanol–water partition coefficient (Wildman–Crippen LogP) is 3.62. The number of hydrogen-bond acceptors (Lipinski definition) is 6. The van der Waals surface area contributed by atoms with Crippen molar-refractivity contribution in [2.75, 3.05) is 16.8 Å². The Morgan fingerprint density at radius 1 is 0.912 bits per heavy atom. The van der Waals surface area contributed by atoms with Crippen LogP contribution in [0.5, 0.6) is 0 Å². The van der Waals surface area contributed by atoms with E-state index in [9.17, 15) is 28.4 Å². The van der Waals surface area contributed by atoms with Gasteiger partial charge in [0, 0.05) is 12.6 Å². The topological polar surface area (TPSA) is 110 Å². The molecule has 0 unspecified atom stereocenters. The molecular formula is C25H17FN2O6. The van der Waals surface area contributed by atoms with Gasteiger partial charge in [0.05, 0.1) is 27.9 Å². The molecule has 3 aromatic carbocycles. The molecule has 8 nitrogen and oxygen atoms in total. The zero-order valence-corrected chi connectivity index (χ0v) is 17.8. The molecule has 1 aliphatic heterocycles. The van der Waals surface area contributed by atoms with Gasteiger partial charge in [-0.05, 0) is 54.6 Å². The lowest BCUT2D eigenvalue weighted by Crippen LogP contribution is -2.29. The molecule has 170 valence electrons. The number of anilines is 2. The standard InChI is InChI=1S/C25H17FN2O6/c1-14(29)27-16-8-11-20(21(26)12-16)22(30)13-34-25(33)15-6-9-17(10-7-15)28-23(31)18-4-2-3-5-19(18)24(28)32/h2-12H,13H2,1H3,(H,27,29). The fourth-order valence-electron chi connectivity index (χ4n) is 3.48. The van der Waals surface area contributed by atoms with Gasteiger partial charge in [-0.2, -0.15) is 0 Å². The van der Waals surface area contributed by atoms with Gasteiger partial charge in [-0.25, -0.2) is 14.1 Å². The highest BCUT2D eigenvalue weighted by atomic mass is 19.1. The molecule has 9 heteroatoms. The molecule has 0 atom stereocenters. The maximum atomic E-state index is 14.2. The molecule has 0 fully saturated rings. The van der Waals surface area contributed by atoms with E-state index >= 15 is 0 Å². The highest BCUT2D eigenvalue weighted by molar-refractivity contribution is 6.34. The molecule has 3 amide bonds. The molecule has 1 heterocycles. The Morgan fingerprint density at radius 2 is 1.53 bits per heavy atom. The number of Topliss-reactive ketones (excluding diaryl/α,β-unsaturated/α-hetero) is 1. The Labute approximate surface area is 192 Å².